The largest absolute Gasteiger partial charge is 0.493 e. The van der Waals surface area contributed by atoms with Crippen molar-refractivity contribution in [1.29, 1.82) is 5.26 Å². The molecule has 36 heavy (non-hydrogen) atoms. The maximum absolute atomic E-state index is 12.1. The second kappa shape index (κ2) is 10.1. The summed E-state index contributed by atoms with van der Waals surface area (Å²) >= 11 is 0. The van der Waals surface area contributed by atoms with Crippen LogP contribution in [0.15, 0.2) is 48.8 Å². The van der Waals surface area contributed by atoms with Crippen molar-refractivity contribution in [2.75, 3.05) is 11.9 Å². The third kappa shape index (κ3) is 4.75. The fraction of sp³-hybridized carbons (Fsp3) is 0.333. The molecule has 9 nitrogen and oxygen atoms in total. The predicted molar refractivity (Wildman–Crippen MR) is 138 cm³/mol. The number of aromatic amines is 1. The Labute approximate surface area is 209 Å². The van der Waals surface area contributed by atoms with E-state index in [1.165, 1.54) is 12.7 Å². The number of carbonyl (C=O) groups excluding carboxylic acids is 1. The average molecular weight is 484 g/mol. The fourth-order valence-corrected chi connectivity index (χ4v) is 4.56. The minimum Gasteiger partial charge on any atom is -0.493 e. The SMILES string of the molecule is CC(C)NC(=O)Nc1ccc(-c2c(C#N)c3ccc(OCCc4ncn[nH]4)cc3n2C2CCC2)cc1. The molecule has 0 aliphatic heterocycles. The van der Waals surface area contributed by atoms with Crippen LogP contribution in [0.2, 0.25) is 0 Å². The number of nitrogens with zero attached hydrogens (tertiary/aromatic N) is 4. The van der Waals surface area contributed by atoms with Crippen LogP contribution in [0.5, 0.6) is 5.75 Å². The molecule has 9 heteroatoms. The van der Waals surface area contributed by atoms with Gasteiger partial charge in [0, 0.05) is 35.6 Å². The first-order valence-corrected chi connectivity index (χ1v) is 12.3. The van der Waals surface area contributed by atoms with Gasteiger partial charge in [-0.3, -0.25) is 5.10 Å². The van der Waals surface area contributed by atoms with Gasteiger partial charge in [0.05, 0.1) is 23.4 Å². The number of ether oxygens (including phenoxy) is 1. The topological polar surface area (TPSA) is 121 Å². The van der Waals surface area contributed by atoms with Gasteiger partial charge in [0.1, 0.15) is 24.0 Å². The molecule has 3 N–H and O–H groups in total. The highest BCUT2D eigenvalue weighted by atomic mass is 16.5. The molecule has 2 heterocycles. The van der Waals surface area contributed by atoms with Gasteiger partial charge in [-0.2, -0.15) is 10.4 Å². The van der Waals surface area contributed by atoms with E-state index in [1.54, 1.807) is 0 Å². The van der Waals surface area contributed by atoms with Crippen molar-refractivity contribution >= 4 is 22.6 Å². The number of aromatic nitrogens is 4. The normalized spacial score (nSPS) is 13.4. The summed E-state index contributed by atoms with van der Waals surface area (Å²) in [6.45, 7) is 4.30. The first kappa shape index (κ1) is 23.4. The maximum Gasteiger partial charge on any atom is 0.319 e. The van der Waals surface area contributed by atoms with E-state index in [-0.39, 0.29) is 12.1 Å². The van der Waals surface area contributed by atoms with Crippen molar-refractivity contribution in [3.8, 4) is 23.1 Å². The zero-order valence-corrected chi connectivity index (χ0v) is 20.4. The number of H-pyrrole nitrogens is 1. The smallest absolute Gasteiger partial charge is 0.319 e. The minimum absolute atomic E-state index is 0.0525. The van der Waals surface area contributed by atoms with Crippen molar-refractivity contribution in [2.24, 2.45) is 0 Å². The monoisotopic (exact) mass is 483 g/mol. The van der Waals surface area contributed by atoms with Crippen LogP contribution in [-0.4, -0.2) is 38.4 Å². The van der Waals surface area contributed by atoms with Crippen LogP contribution in [0.4, 0.5) is 10.5 Å². The Kier molecular flexibility index (Phi) is 6.58. The Balaban J connectivity index is 1.47. The van der Waals surface area contributed by atoms with Gasteiger partial charge in [-0.25, -0.2) is 9.78 Å². The van der Waals surface area contributed by atoms with Gasteiger partial charge in [0.2, 0.25) is 0 Å². The first-order chi connectivity index (χ1) is 17.5. The Morgan fingerprint density at radius 2 is 2.06 bits per heavy atom. The summed E-state index contributed by atoms with van der Waals surface area (Å²) in [6.07, 6.45) is 5.44. The molecule has 1 saturated carbocycles. The molecule has 0 bridgehead atoms. The van der Waals surface area contributed by atoms with Crippen LogP contribution in [0.3, 0.4) is 0 Å². The number of fused-ring (bicyclic) bond motifs is 1. The third-order valence-corrected chi connectivity index (χ3v) is 6.44. The summed E-state index contributed by atoms with van der Waals surface area (Å²) in [5.74, 6) is 1.54. The van der Waals surface area contributed by atoms with E-state index in [2.05, 4.69) is 36.5 Å². The second-order valence-electron chi connectivity index (χ2n) is 9.33. The number of hydrogen-bond acceptors (Lipinski definition) is 5. The number of anilines is 1. The summed E-state index contributed by atoms with van der Waals surface area (Å²) in [4.78, 5) is 16.2. The molecule has 2 aromatic heterocycles. The number of rotatable bonds is 8. The fourth-order valence-electron chi connectivity index (χ4n) is 4.56. The van der Waals surface area contributed by atoms with Gasteiger partial charge >= 0.3 is 6.03 Å². The minimum atomic E-state index is -0.241. The van der Waals surface area contributed by atoms with Crippen molar-refractivity contribution in [1.82, 2.24) is 25.1 Å². The number of hydrogen-bond donors (Lipinski definition) is 3. The maximum atomic E-state index is 12.1. The lowest BCUT2D eigenvalue weighted by atomic mass is 9.92. The number of amides is 2. The number of nitriles is 1. The summed E-state index contributed by atoms with van der Waals surface area (Å²) in [6, 6.07) is 16.2. The Hall–Kier alpha value is -4.32. The third-order valence-electron chi connectivity index (χ3n) is 6.44. The molecule has 0 saturated heterocycles. The van der Waals surface area contributed by atoms with E-state index in [0.29, 0.717) is 30.3 Å². The van der Waals surface area contributed by atoms with Crippen molar-refractivity contribution < 1.29 is 9.53 Å². The summed E-state index contributed by atoms with van der Waals surface area (Å²) < 4.78 is 8.31. The van der Waals surface area contributed by atoms with Gasteiger partial charge in [-0.05, 0) is 62.9 Å². The van der Waals surface area contributed by atoms with Crippen LogP contribution < -0.4 is 15.4 Å². The molecule has 1 aliphatic rings. The lowest BCUT2D eigenvalue weighted by Gasteiger charge is -2.30. The van der Waals surface area contributed by atoms with Crippen LogP contribution >= 0.6 is 0 Å². The van der Waals surface area contributed by atoms with Gasteiger partial charge < -0.3 is 19.9 Å². The molecule has 1 aliphatic carbocycles. The van der Waals surface area contributed by atoms with E-state index in [1.807, 2.05) is 56.3 Å². The number of nitrogens with one attached hydrogen (secondary N) is 3. The highest BCUT2D eigenvalue weighted by molar-refractivity contribution is 5.96. The van der Waals surface area contributed by atoms with Gasteiger partial charge in [0.25, 0.3) is 0 Å². The van der Waals surface area contributed by atoms with E-state index < -0.39 is 0 Å². The molecule has 4 aromatic rings. The standard InChI is InChI=1S/C27H29N7O2/c1-17(2)31-27(35)32-19-8-6-18(7-9-19)26-23(15-28)22-11-10-21(36-13-12-25-29-16-30-33-25)14-24(22)34(26)20-4-3-5-20/h6-11,14,16-17,20H,3-5,12-13H2,1-2H3,(H,29,30,33)(H2,31,32,35). The molecule has 0 atom stereocenters. The predicted octanol–water partition coefficient (Wildman–Crippen LogP) is 5.17. The Bertz CT molecular complexity index is 1390. The van der Waals surface area contributed by atoms with Crippen molar-refractivity contribution in [3.63, 3.8) is 0 Å². The van der Waals surface area contributed by atoms with Crippen molar-refractivity contribution in [2.45, 2.75) is 51.6 Å². The van der Waals surface area contributed by atoms with E-state index in [4.69, 9.17) is 4.74 Å². The number of benzene rings is 2. The summed E-state index contributed by atoms with van der Waals surface area (Å²) in [5, 5.41) is 23.5. The lowest BCUT2D eigenvalue weighted by Crippen LogP contribution is -2.34. The molecule has 0 radical (unpaired) electrons. The molecule has 0 spiro atoms. The summed E-state index contributed by atoms with van der Waals surface area (Å²) in [7, 11) is 0. The molecule has 0 unspecified atom stereocenters. The van der Waals surface area contributed by atoms with Crippen LogP contribution in [0.25, 0.3) is 22.2 Å². The summed E-state index contributed by atoms with van der Waals surface area (Å²) in [5.41, 5.74) is 4.21. The Morgan fingerprint density at radius 1 is 1.25 bits per heavy atom. The zero-order chi connectivity index (χ0) is 25.1. The van der Waals surface area contributed by atoms with Gasteiger partial charge in [-0.15, -0.1) is 0 Å². The highest BCUT2D eigenvalue weighted by Gasteiger charge is 2.28. The first-order valence-electron chi connectivity index (χ1n) is 12.3. The van der Waals surface area contributed by atoms with Crippen LogP contribution in [0.1, 0.15) is 50.5 Å². The highest BCUT2D eigenvalue weighted by Crippen LogP contribution is 2.43. The molecule has 1 fully saturated rings. The van der Waals surface area contributed by atoms with Crippen LogP contribution in [0, 0.1) is 11.3 Å². The average Bonchev–Trinajstić information content (AvgIpc) is 3.44. The van der Waals surface area contributed by atoms with E-state index >= 15 is 0 Å². The van der Waals surface area contributed by atoms with Crippen molar-refractivity contribution in [3.05, 3.63) is 60.2 Å². The quantitative estimate of drug-likeness (QED) is 0.319. The lowest BCUT2D eigenvalue weighted by molar-refractivity contribution is 0.250. The molecule has 184 valence electrons. The van der Waals surface area contributed by atoms with Crippen LogP contribution in [-0.2, 0) is 6.42 Å². The molecule has 2 amide bonds. The second-order valence-corrected chi connectivity index (χ2v) is 9.33. The molecule has 2 aromatic carbocycles. The molecular formula is C27H29N7O2. The number of carbonyl (C=O) groups is 1. The van der Waals surface area contributed by atoms with Gasteiger partial charge in [-0.1, -0.05) is 12.1 Å². The Morgan fingerprint density at radius 3 is 2.69 bits per heavy atom. The zero-order valence-electron chi connectivity index (χ0n) is 20.4. The van der Waals surface area contributed by atoms with Gasteiger partial charge in [0.15, 0.2) is 0 Å². The van der Waals surface area contributed by atoms with E-state index in [0.717, 1.165) is 46.6 Å². The molecular weight excluding hydrogens is 454 g/mol. The van der Waals surface area contributed by atoms with E-state index in [9.17, 15) is 10.1 Å². The molecule has 5 rings (SSSR count). The number of urea groups is 1.